The van der Waals surface area contributed by atoms with Crippen molar-refractivity contribution in [3.63, 3.8) is 0 Å². The minimum atomic E-state index is -0.225. The Morgan fingerprint density at radius 2 is 2.14 bits per heavy atom. The lowest BCUT2D eigenvalue weighted by Crippen LogP contribution is -2.18. The van der Waals surface area contributed by atoms with Gasteiger partial charge in [-0.1, -0.05) is 17.8 Å². The van der Waals surface area contributed by atoms with E-state index in [1.54, 1.807) is 6.26 Å². The molecule has 0 aliphatic carbocycles. The highest BCUT2D eigenvalue weighted by Crippen LogP contribution is 2.28. The van der Waals surface area contributed by atoms with Gasteiger partial charge in [0.15, 0.2) is 10.8 Å². The number of nitrogens with zero attached hydrogens (tertiary/aromatic N) is 5. The molecule has 146 valence electrons. The lowest BCUT2D eigenvalue weighted by molar-refractivity contribution is -0.113. The molecule has 0 aliphatic heterocycles. The summed E-state index contributed by atoms with van der Waals surface area (Å²) in [5, 5.41) is 21.3. The Balaban J connectivity index is 1.54. The van der Waals surface area contributed by atoms with E-state index in [1.165, 1.54) is 11.8 Å². The quantitative estimate of drug-likeness (QED) is 0.493. The summed E-state index contributed by atoms with van der Waals surface area (Å²) in [6, 6.07) is 11.5. The van der Waals surface area contributed by atoms with Gasteiger partial charge in [0, 0.05) is 11.9 Å². The van der Waals surface area contributed by atoms with Crippen LogP contribution in [-0.4, -0.2) is 30.8 Å². The molecule has 9 heteroatoms. The minimum Gasteiger partial charge on any atom is -0.467 e. The van der Waals surface area contributed by atoms with Gasteiger partial charge in [0.2, 0.25) is 5.91 Å². The van der Waals surface area contributed by atoms with Crippen molar-refractivity contribution in [2.24, 2.45) is 0 Å². The van der Waals surface area contributed by atoms with Gasteiger partial charge in [0.25, 0.3) is 0 Å². The molecule has 0 atom stereocenters. The van der Waals surface area contributed by atoms with Crippen LogP contribution in [0.3, 0.4) is 0 Å². The van der Waals surface area contributed by atoms with E-state index in [-0.39, 0.29) is 11.7 Å². The van der Waals surface area contributed by atoms with E-state index in [4.69, 9.17) is 4.42 Å². The van der Waals surface area contributed by atoms with Gasteiger partial charge in [-0.3, -0.25) is 9.20 Å². The van der Waals surface area contributed by atoms with Crippen molar-refractivity contribution < 1.29 is 9.21 Å². The lowest BCUT2D eigenvalue weighted by atomic mass is 10.2. The Kier molecular flexibility index (Phi) is 5.10. The molecule has 0 bridgehead atoms. The lowest BCUT2D eigenvalue weighted by Gasteiger charge is -2.11. The normalized spacial score (nSPS) is 10.9. The van der Waals surface area contributed by atoms with Crippen molar-refractivity contribution in [3.8, 4) is 6.07 Å². The molecular weight excluding hydrogens is 388 g/mol. The van der Waals surface area contributed by atoms with Crippen LogP contribution in [0.4, 0.5) is 5.82 Å². The molecule has 0 unspecified atom stereocenters. The molecule has 8 nitrogen and oxygen atoms in total. The van der Waals surface area contributed by atoms with E-state index in [1.807, 2.05) is 59.3 Å². The highest BCUT2D eigenvalue weighted by Gasteiger charge is 2.20. The number of thioether (sulfide) groups is 1. The molecule has 0 spiro atoms. The zero-order chi connectivity index (χ0) is 20.4. The van der Waals surface area contributed by atoms with Gasteiger partial charge < -0.3 is 14.3 Å². The van der Waals surface area contributed by atoms with Gasteiger partial charge in [-0.15, -0.1) is 10.2 Å². The summed E-state index contributed by atoms with van der Waals surface area (Å²) in [6.45, 7) is 4.23. The molecule has 1 N–H and O–H groups in total. The maximum Gasteiger partial charge on any atom is 0.235 e. The number of carbonyl (C=O) groups excluding carboxylic acids is 1. The van der Waals surface area contributed by atoms with Crippen LogP contribution >= 0.6 is 11.8 Å². The van der Waals surface area contributed by atoms with Crippen LogP contribution < -0.4 is 5.32 Å². The second kappa shape index (κ2) is 7.85. The number of nitriles is 1. The molecule has 0 saturated carbocycles. The van der Waals surface area contributed by atoms with E-state index < -0.39 is 0 Å². The number of amides is 1. The van der Waals surface area contributed by atoms with Crippen molar-refractivity contribution in [2.75, 3.05) is 11.1 Å². The standard InChI is InChI=1S/C20H18N6O2S/c1-13-14(2)26(11-15-6-5-9-28-15)19(16(13)10-21)22-18(27)12-29-20-24-23-17-7-3-4-8-25(17)20/h3-9H,11-12H2,1-2H3,(H,22,27). The van der Waals surface area contributed by atoms with Crippen LogP contribution in [0.1, 0.15) is 22.6 Å². The number of carbonyl (C=O) groups is 1. The Morgan fingerprint density at radius 3 is 2.90 bits per heavy atom. The molecule has 0 aliphatic rings. The van der Waals surface area contributed by atoms with Crippen LogP contribution in [0, 0.1) is 25.2 Å². The molecule has 4 aromatic heterocycles. The molecule has 0 saturated heterocycles. The van der Waals surface area contributed by atoms with Gasteiger partial charge in [-0.2, -0.15) is 5.26 Å². The molecule has 29 heavy (non-hydrogen) atoms. The number of hydrogen-bond donors (Lipinski definition) is 1. The summed E-state index contributed by atoms with van der Waals surface area (Å²) in [4.78, 5) is 12.7. The predicted molar refractivity (Wildman–Crippen MR) is 109 cm³/mol. The zero-order valence-corrected chi connectivity index (χ0v) is 16.7. The average Bonchev–Trinajstić information content (AvgIpc) is 3.43. The minimum absolute atomic E-state index is 0.143. The topological polar surface area (TPSA) is 101 Å². The number of hydrogen-bond acceptors (Lipinski definition) is 6. The smallest absolute Gasteiger partial charge is 0.235 e. The Bertz CT molecular complexity index is 1220. The molecular formula is C20H18N6O2S. The van der Waals surface area contributed by atoms with E-state index in [9.17, 15) is 10.1 Å². The fourth-order valence-electron chi connectivity index (χ4n) is 3.10. The summed E-state index contributed by atoms with van der Waals surface area (Å²) in [5.74, 6) is 1.14. The molecule has 0 radical (unpaired) electrons. The van der Waals surface area contributed by atoms with Crippen molar-refractivity contribution >= 4 is 29.1 Å². The Hall–Kier alpha value is -3.51. The second-order valence-electron chi connectivity index (χ2n) is 6.46. The highest BCUT2D eigenvalue weighted by atomic mass is 32.2. The van der Waals surface area contributed by atoms with Crippen molar-refractivity contribution in [1.29, 1.82) is 5.26 Å². The summed E-state index contributed by atoms with van der Waals surface area (Å²) in [5.41, 5.74) is 2.93. The first-order chi connectivity index (χ1) is 14.1. The molecule has 0 fully saturated rings. The summed E-state index contributed by atoms with van der Waals surface area (Å²) < 4.78 is 9.15. The predicted octanol–water partition coefficient (Wildman–Crippen LogP) is 3.39. The van der Waals surface area contributed by atoms with Crippen LogP contribution in [0.5, 0.6) is 0 Å². The van der Waals surface area contributed by atoms with Crippen LogP contribution in [0.25, 0.3) is 5.65 Å². The van der Waals surface area contributed by atoms with Gasteiger partial charge in [0.1, 0.15) is 17.6 Å². The fraction of sp³-hybridized carbons (Fsp3) is 0.200. The van der Waals surface area contributed by atoms with Crippen LogP contribution in [0.2, 0.25) is 0 Å². The first-order valence-corrected chi connectivity index (χ1v) is 9.91. The summed E-state index contributed by atoms with van der Waals surface area (Å²) >= 11 is 1.29. The van der Waals surface area contributed by atoms with Crippen molar-refractivity contribution in [2.45, 2.75) is 25.5 Å². The number of nitrogens with one attached hydrogen (secondary N) is 1. The SMILES string of the molecule is Cc1c(C#N)c(NC(=O)CSc2nnc3ccccn23)n(Cc2ccco2)c1C. The summed E-state index contributed by atoms with van der Waals surface area (Å²) in [7, 11) is 0. The van der Waals surface area contributed by atoms with Crippen LogP contribution in [0.15, 0.2) is 52.4 Å². The fourth-order valence-corrected chi connectivity index (χ4v) is 3.83. The molecule has 1 amide bonds. The third-order valence-corrected chi connectivity index (χ3v) is 5.65. The van der Waals surface area contributed by atoms with Gasteiger partial charge >= 0.3 is 0 Å². The van der Waals surface area contributed by atoms with Crippen molar-refractivity contribution in [1.82, 2.24) is 19.2 Å². The Labute approximate surface area is 171 Å². The van der Waals surface area contributed by atoms with E-state index in [0.29, 0.717) is 23.1 Å². The third kappa shape index (κ3) is 3.62. The third-order valence-electron chi connectivity index (χ3n) is 4.71. The van der Waals surface area contributed by atoms with E-state index in [0.717, 1.165) is 22.7 Å². The number of rotatable bonds is 6. The highest BCUT2D eigenvalue weighted by molar-refractivity contribution is 7.99. The van der Waals surface area contributed by atoms with E-state index in [2.05, 4.69) is 21.6 Å². The molecule has 4 rings (SSSR count). The van der Waals surface area contributed by atoms with Gasteiger partial charge in [0.05, 0.1) is 24.1 Å². The van der Waals surface area contributed by atoms with Gasteiger partial charge in [-0.25, -0.2) is 0 Å². The van der Waals surface area contributed by atoms with Crippen molar-refractivity contribution in [3.05, 3.63) is 65.4 Å². The first kappa shape index (κ1) is 18.8. The van der Waals surface area contributed by atoms with Gasteiger partial charge in [-0.05, 0) is 43.7 Å². The monoisotopic (exact) mass is 406 g/mol. The first-order valence-electron chi connectivity index (χ1n) is 8.93. The summed E-state index contributed by atoms with van der Waals surface area (Å²) in [6.07, 6.45) is 3.45. The second-order valence-corrected chi connectivity index (χ2v) is 7.40. The largest absolute Gasteiger partial charge is 0.467 e. The number of furan rings is 1. The molecule has 0 aromatic carbocycles. The average molecular weight is 406 g/mol. The number of aromatic nitrogens is 4. The number of anilines is 1. The number of pyridine rings is 1. The Morgan fingerprint density at radius 1 is 1.28 bits per heavy atom. The van der Waals surface area contributed by atoms with E-state index >= 15 is 0 Å². The van der Waals surface area contributed by atoms with Crippen LogP contribution in [-0.2, 0) is 11.3 Å². The number of fused-ring (bicyclic) bond motifs is 1. The maximum absolute atomic E-state index is 12.7. The zero-order valence-electron chi connectivity index (χ0n) is 15.9. The molecule has 4 aromatic rings. The molecule has 4 heterocycles. The maximum atomic E-state index is 12.7.